The Balaban J connectivity index is 2.35. The van der Waals surface area contributed by atoms with Crippen LogP contribution >= 0.6 is 0 Å². The largest absolute Gasteiger partial charge is 0.471 e. The molecule has 9 nitrogen and oxygen atoms in total. The standard InChI is InChI=1S/C21H23F3N6O3S/c1-6-30-15(21(22,23)24)9-13-17(19(30)31)29(5)18(28-13)16-14(34(26,32)7-2)8-12(10-27-16)33-20(3,4)11-25/h8-10,26H,6-7H2,1-5H3/t34-/m0/s1. The maximum Gasteiger partial charge on any atom is 0.431 e. The lowest BCUT2D eigenvalue weighted by Gasteiger charge is -2.19. The fourth-order valence-electron chi connectivity index (χ4n) is 3.45. The van der Waals surface area contributed by atoms with E-state index in [9.17, 15) is 27.4 Å². The predicted octanol–water partition coefficient (Wildman–Crippen LogP) is 3.94. The van der Waals surface area contributed by atoms with E-state index in [-0.39, 0.29) is 45.5 Å². The van der Waals surface area contributed by atoms with Gasteiger partial charge in [-0.05, 0) is 26.8 Å². The molecule has 1 N–H and O–H groups in total. The zero-order chi connectivity index (χ0) is 25.6. The van der Waals surface area contributed by atoms with Crippen molar-refractivity contribution in [1.29, 1.82) is 10.0 Å². The molecule has 0 aromatic carbocycles. The molecule has 0 aliphatic carbocycles. The Kier molecular flexibility index (Phi) is 6.25. The molecule has 0 aliphatic rings. The van der Waals surface area contributed by atoms with Crippen LogP contribution in [0.15, 0.2) is 28.0 Å². The van der Waals surface area contributed by atoms with E-state index in [2.05, 4.69) is 9.97 Å². The minimum Gasteiger partial charge on any atom is -0.471 e. The van der Waals surface area contributed by atoms with Crippen molar-refractivity contribution in [2.75, 3.05) is 5.75 Å². The lowest BCUT2D eigenvalue weighted by atomic mass is 10.2. The van der Waals surface area contributed by atoms with Crippen molar-refractivity contribution in [2.24, 2.45) is 7.05 Å². The molecule has 13 heteroatoms. The minimum absolute atomic E-state index is 0.0244. The van der Waals surface area contributed by atoms with Gasteiger partial charge in [0, 0.05) is 25.4 Å². The molecule has 1 atom stereocenters. The van der Waals surface area contributed by atoms with E-state index < -0.39 is 32.8 Å². The third-order valence-corrected chi connectivity index (χ3v) is 7.02. The third-order valence-electron chi connectivity index (χ3n) is 5.18. The first kappa shape index (κ1) is 25.2. The van der Waals surface area contributed by atoms with Crippen LogP contribution in [0.1, 0.15) is 33.4 Å². The number of alkyl halides is 3. The number of hydrogen-bond acceptors (Lipinski definition) is 7. The fraction of sp³-hybridized carbons (Fsp3) is 0.429. The van der Waals surface area contributed by atoms with Crippen LogP contribution in [-0.4, -0.2) is 34.7 Å². The van der Waals surface area contributed by atoms with Crippen LogP contribution in [0.25, 0.3) is 22.6 Å². The monoisotopic (exact) mass is 496 g/mol. The van der Waals surface area contributed by atoms with Gasteiger partial charge in [-0.25, -0.2) is 19.0 Å². The molecule has 0 bridgehead atoms. The summed E-state index contributed by atoms with van der Waals surface area (Å²) in [4.78, 5) is 21.3. The number of nitriles is 1. The van der Waals surface area contributed by atoms with E-state index in [4.69, 9.17) is 9.52 Å². The van der Waals surface area contributed by atoms with E-state index in [1.807, 2.05) is 6.07 Å². The number of hydrogen-bond donors (Lipinski definition) is 1. The molecule has 0 saturated carbocycles. The van der Waals surface area contributed by atoms with Gasteiger partial charge in [-0.2, -0.15) is 18.4 Å². The normalized spacial score (nSPS) is 14.1. The highest BCUT2D eigenvalue weighted by molar-refractivity contribution is 7.92. The summed E-state index contributed by atoms with van der Waals surface area (Å²) >= 11 is 0. The molecule has 0 saturated heterocycles. The highest BCUT2D eigenvalue weighted by atomic mass is 32.2. The zero-order valence-electron chi connectivity index (χ0n) is 19.1. The molecule has 3 rings (SSSR count). The van der Waals surface area contributed by atoms with Gasteiger partial charge in [0.2, 0.25) is 0 Å². The highest BCUT2D eigenvalue weighted by Gasteiger charge is 2.36. The van der Waals surface area contributed by atoms with Crippen molar-refractivity contribution < 1.29 is 22.1 Å². The van der Waals surface area contributed by atoms with Crippen molar-refractivity contribution in [1.82, 2.24) is 19.1 Å². The molecule has 0 aliphatic heterocycles. The zero-order valence-corrected chi connectivity index (χ0v) is 20.0. The van der Waals surface area contributed by atoms with Crippen LogP contribution in [0.2, 0.25) is 0 Å². The fourth-order valence-corrected chi connectivity index (χ4v) is 4.53. The number of aromatic nitrogens is 4. The maximum absolute atomic E-state index is 13.5. The van der Waals surface area contributed by atoms with E-state index >= 15 is 0 Å². The van der Waals surface area contributed by atoms with Gasteiger partial charge >= 0.3 is 6.18 Å². The molecule has 0 spiro atoms. The van der Waals surface area contributed by atoms with Crippen molar-refractivity contribution in [2.45, 2.75) is 50.9 Å². The molecule has 0 amide bonds. The summed E-state index contributed by atoms with van der Waals surface area (Å²) in [5, 5.41) is 9.21. The van der Waals surface area contributed by atoms with Gasteiger partial charge in [0.15, 0.2) is 11.4 Å². The topological polar surface area (TPSA) is 127 Å². The Labute approximate surface area is 193 Å². The first-order valence-electron chi connectivity index (χ1n) is 10.2. The Bertz CT molecular complexity index is 1480. The van der Waals surface area contributed by atoms with Gasteiger partial charge in [-0.1, -0.05) is 6.92 Å². The Morgan fingerprint density at radius 3 is 2.44 bits per heavy atom. The Hall–Kier alpha value is -3.40. The SMILES string of the molecule is CCn1c(C(F)(F)F)cc2nc(-c3ncc(OC(C)(C)C#N)cc3[S@@](=N)(=O)CC)n(C)c2c1=O. The second-order valence-electron chi connectivity index (χ2n) is 8.01. The summed E-state index contributed by atoms with van der Waals surface area (Å²) < 4.78 is 69.5. The van der Waals surface area contributed by atoms with Crippen LogP contribution in [0.4, 0.5) is 13.2 Å². The van der Waals surface area contributed by atoms with E-state index in [1.54, 1.807) is 0 Å². The lowest BCUT2D eigenvalue weighted by Crippen LogP contribution is -2.28. The van der Waals surface area contributed by atoms with Crippen molar-refractivity contribution in [3.8, 4) is 23.3 Å². The summed E-state index contributed by atoms with van der Waals surface area (Å²) in [6.45, 7) is 5.79. The summed E-state index contributed by atoms with van der Waals surface area (Å²) in [6, 6.07) is 4.05. The first-order valence-corrected chi connectivity index (χ1v) is 11.9. The van der Waals surface area contributed by atoms with Gasteiger partial charge in [0.25, 0.3) is 5.56 Å². The number of halogens is 3. The van der Waals surface area contributed by atoms with Crippen molar-refractivity contribution in [3.63, 3.8) is 0 Å². The number of imidazole rings is 1. The molecule has 3 aromatic rings. The molecule has 34 heavy (non-hydrogen) atoms. The number of rotatable bonds is 6. The summed E-state index contributed by atoms with van der Waals surface area (Å²) in [5.74, 6) is -0.0220. The second kappa shape index (κ2) is 8.43. The van der Waals surface area contributed by atoms with Gasteiger partial charge in [-0.15, -0.1) is 0 Å². The summed E-state index contributed by atoms with van der Waals surface area (Å²) in [6.07, 6.45) is -3.53. The number of nitrogens with one attached hydrogen (secondary N) is 1. The molecule has 0 unspecified atom stereocenters. The molecule has 182 valence electrons. The molecular weight excluding hydrogens is 473 g/mol. The number of ether oxygens (including phenoxy) is 1. The van der Waals surface area contributed by atoms with Crippen LogP contribution in [0.3, 0.4) is 0 Å². The lowest BCUT2D eigenvalue weighted by molar-refractivity contribution is -0.144. The molecule has 3 heterocycles. The number of aryl methyl sites for hydroxylation is 1. The molecule has 3 aromatic heterocycles. The number of nitrogens with zero attached hydrogens (tertiary/aromatic N) is 5. The molecule has 0 radical (unpaired) electrons. The van der Waals surface area contributed by atoms with E-state index in [1.165, 1.54) is 51.6 Å². The number of fused-ring (bicyclic) bond motifs is 1. The van der Waals surface area contributed by atoms with Gasteiger partial charge in [-0.3, -0.25) is 4.79 Å². The van der Waals surface area contributed by atoms with Gasteiger partial charge in [0.1, 0.15) is 28.7 Å². The van der Waals surface area contributed by atoms with Crippen LogP contribution in [-0.2, 0) is 29.5 Å². The van der Waals surface area contributed by atoms with Crippen LogP contribution in [0.5, 0.6) is 5.75 Å². The summed E-state index contributed by atoms with van der Waals surface area (Å²) in [5.41, 5.74) is -3.56. The van der Waals surface area contributed by atoms with Crippen LogP contribution in [0, 0.1) is 16.1 Å². The smallest absolute Gasteiger partial charge is 0.431 e. The Morgan fingerprint density at radius 2 is 1.91 bits per heavy atom. The van der Waals surface area contributed by atoms with Gasteiger partial charge < -0.3 is 13.9 Å². The minimum atomic E-state index is -4.77. The first-order chi connectivity index (χ1) is 15.7. The van der Waals surface area contributed by atoms with Crippen molar-refractivity contribution >= 4 is 20.8 Å². The maximum atomic E-state index is 13.5. The molecular formula is C21H23F3N6O3S. The predicted molar refractivity (Wildman–Crippen MR) is 119 cm³/mol. The number of pyridine rings is 2. The quantitative estimate of drug-likeness (QED) is 0.551. The Morgan fingerprint density at radius 1 is 1.26 bits per heavy atom. The van der Waals surface area contributed by atoms with Crippen molar-refractivity contribution in [3.05, 3.63) is 34.4 Å². The van der Waals surface area contributed by atoms with E-state index in [0.717, 1.165) is 6.07 Å². The van der Waals surface area contributed by atoms with E-state index in [0.29, 0.717) is 4.57 Å². The van der Waals surface area contributed by atoms with Gasteiger partial charge in [0.05, 0.1) is 26.3 Å². The third kappa shape index (κ3) is 4.37. The second-order valence-corrected chi connectivity index (χ2v) is 10.4. The summed E-state index contributed by atoms with van der Waals surface area (Å²) in [7, 11) is -1.98. The van der Waals surface area contributed by atoms with Crippen LogP contribution < -0.4 is 10.3 Å². The molecule has 0 fully saturated rings. The average Bonchev–Trinajstić information content (AvgIpc) is 3.09. The highest BCUT2D eigenvalue weighted by Crippen LogP contribution is 2.34. The average molecular weight is 497 g/mol.